The Morgan fingerprint density at radius 2 is 2.05 bits per heavy atom. The summed E-state index contributed by atoms with van der Waals surface area (Å²) in [5.41, 5.74) is 2.01. The zero-order valence-corrected chi connectivity index (χ0v) is 10.9. The second-order valence-corrected chi connectivity index (χ2v) is 4.56. The molecular weight excluding hydrogens is 269 g/mol. The largest absolute Gasteiger partial charge is 0.351 e. The third-order valence-corrected chi connectivity index (χ3v) is 3.08. The summed E-state index contributed by atoms with van der Waals surface area (Å²) >= 11 is 0. The number of hydrogen-bond donors (Lipinski definition) is 2. The summed E-state index contributed by atoms with van der Waals surface area (Å²) in [4.78, 5) is 15.1. The van der Waals surface area contributed by atoms with Gasteiger partial charge in [-0.05, 0) is 42.5 Å². The number of anilines is 1. The SMILES string of the molecule is N#Cc1cccc(NC(=O)c2cc3cc(F)ccc3[nH]2)c1. The molecule has 0 unspecified atom stereocenters. The molecule has 0 atom stereocenters. The number of nitriles is 1. The Morgan fingerprint density at radius 1 is 1.19 bits per heavy atom. The topological polar surface area (TPSA) is 68.7 Å². The minimum absolute atomic E-state index is 0.331. The van der Waals surface area contributed by atoms with Gasteiger partial charge in [0.1, 0.15) is 11.5 Å². The number of aromatic amines is 1. The molecule has 0 bridgehead atoms. The number of hydrogen-bond acceptors (Lipinski definition) is 2. The smallest absolute Gasteiger partial charge is 0.272 e. The van der Waals surface area contributed by atoms with Crippen molar-refractivity contribution >= 4 is 22.5 Å². The Labute approximate surface area is 119 Å². The molecule has 2 aromatic carbocycles. The van der Waals surface area contributed by atoms with Crippen molar-refractivity contribution in [1.82, 2.24) is 4.98 Å². The lowest BCUT2D eigenvalue weighted by molar-refractivity contribution is 0.102. The van der Waals surface area contributed by atoms with Crippen molar-refractivity contribution in [3.63, 3.8) is 0 Å². The molecule has 1 amide bonds. The Balaban J connectivity index is 1.88. The van der Waals surface area contributed by atoms with Gasteiger partial charge in [0, 0.05) is 16.6 Å². The van der Waals surface area contributed by atoms with Gasteiger partial charge in [-0.3, -0.25) is 4.79 Å². The van der Waals surface area contributed by atoms with Crippen LogP contribution < -0.4 is 5.32 Å². The number of carbonyl (C=O) groups is 1. The van der Waals surface area contributed by atoms with Crippen molar-refractivity contribution in [2.45, 2.75) is 0 Å². The second kappa shape index (κ2) is 5.10. The van der Waals surface area contributed by atoms with Crippen LogP contribution in [0.25, 0.3) is 10.9 Å². The van der Waals surface area contributed by atoms with E-state index in [1.807, 2.05) is 6.07 Å². The number of nitrogens with zero attached hydrogens (tertiary/aromatic N) is 1. The monoisotopic (exact) mass is 279 g/mol. The zero-order chi connectivity index (χ0) is 14.8. The number of rotatable bonds is 2. The highest BCUT2D eigenvalue weighted by molar-refractivity contribution is 6.05. The molecule has 1 heterocycles. The lowest BCUT2D eigenvalue weighted by Gasteiger charge is -2.03. The second-order valence-electron chi connectivity index (χ2n) is 4.56. The highest BCUT2D eigenvalue weighted by atomic mass is 19.1. The Bertz CT molecular complexity index is 877. The molecule has 0 spiro atoms. The maximum atomic E-state index is 13.1. The fraction of sp³-hybridized carbons (Fsp3) is 0. The van der Waals surface area contributed by atoms with Gasteiger partial charge in [0.15, 0.2) is 0 Å². The van der Waals surface area contributed by atoms with Crippen LogP contribution in [0.15, 0.2) is 48.5 Å². The molecule has 0 saturated carbocycles. The van der Waals surface area contributed by atoms with Crippen molar-refractivity contribution in [3.05, 3.63) is 65.6 Å². The van der Waals surface area contributed by atoms with Crippen LogP contribution in [-0.4, -0.2) is 10.9 Å². The number of H-pyrrole nitrogens is 1. The fourth-order valence-corrected chi connectivity index (χ4v) is 2.09. The van der Waals surface area contributed by atoms with Gasteiger partial charge in [-0.1, -0.05) is 6.07 Å². The molecule has 0 aliphatic rings. The van der Waals surface area contributed by atoms with E-state index >= 15 is 0 Å². The molecule has 0 fully saturated rings. The predicted molar refractivity (Wildman–Crippen MR) is 77.4 cm³/mol. The average molecular weight is 279 g/mol. The maximum absolute atomic E-state index is 13.1. The van der Waals surface area contributed by atoms with E-state index < -0.39 is 0 Å². The fourth-order valence-electron chi connectivity index (χ4n) is 2.09. The van der Waals surface area contributed by atoms with E-state index in [-0.39, 0.29) is 11.7 Å². The van der Waals surface area contributed by atoms with E-state index in [1.54, 1.807) is 36.4 Å². The summed E-state index contributed by atoms with van der Waals surface area (Å²) in [7, 11) is 0. The van der Waals surface area contributed by atoms with E-state index in [0.717, 1.165) is 0 Å². The summed E-state index contributed by atoms with van der Waals surface area (Å²) in [5.74, 6) is -0.697. The summed E-state index contributed by atoms with van der Waals surface area (Å²) in [6, 6.07) is 14.5. The molecule has 4 nitrogen and oxygen atoms in total. The molecule has 0 radical (unpaired) electrons. The number of fused-ring (bicyclic) bond motifs is 1. The van der Waals surface area contributed by atoms with Crippen molar-refractivity contribution in [3.8, 4) is 6.07 Å². The van der Waals surface area contributed by atoms with E-state index in [2.05, 4.69) is 10.3 Å². The first-order chi connectivity index (χ1) is 10.2. The molecule has 21 heavy (non-hydrogen) atoms. The summed E-state index contributed by atoms with van der Waals surface area (Å²) in [6.45, 7) is 0. The number of carbonyl (C=O) groups excluding carboxylic acids is 1. The van der Waals surface area contributed by atoms with Gasteiger partial charge in [0.05, 0.1) is 11.6 Å². The summed E-state index contributed by atoms with van der Waals surface area (Å²) < 4.78 is 13.1. The maximum Gasteiger partial charge on any atom is 0.272 e. The molecule has 0 saturated heterocycles. The summed E-state index contributed by atoms with van der Waals surface area (Å²) in [6.07, 6.45) is 0. The molecule has 0 aliphatic heterocycles. The van der Waals surface area contributed by atoms with Crippen molar-refractivity contribution < 1.29 is 9.18 Å². The van der Waals surface area contributed by atoms with Crippen molar-refractivity contribution in [1.29, 1.82) is 5.26 Å². The van der Waals surface area contributed by atoms with Crippen molar-refractivity contribution in [2.75, 3.05) is 5.32 Å². The molecule has 0 aliphatic carbocycles. The number of aromatic nitrogens is 1. The van der Waals surface area contributed by atoms with Crippen LogP contribution in [0.4, 0.5) is 10.1 Å². The van der Waals surface area contributed by atoms with Crippen LogP contribution in [-0.2, 0) is 0 Å². The molecule has 3 rings (SSSR count). The van der Waals surface area contributed by atoms with E-state index in [9.17, 15) is 9.18 Å². The van der Waals surface area contributed by atoms with Crippen LogP contribution in [0.1, 0.15) is 16.1 Å². The number of halogens is 1. The highest BCUT2D eigenvalue weighted by Crippen LogP contribution is 2.18. The van der Waals surface area contributed by atoms with Crippen LogP contribution in [0.2, 0.25) is 0 Å². The quantitative estimate of drug-likeness (QED) is 0.754. The van der Waals surface area contributed by atoms with Gasteiger partial charge in [-0.15, -0.1) is 0 Å². The highest BCUT2D eigenvalue weighted by Gasteiger charge is 2.10. The molecule has 102 valence electrons. The number of benzene rings is 2. The van der Waals surface area contributed by atoms with Gasteiger partial charge < -0.3 is 10.3 Å². The first-order valence-corrected chi connectivity index (χ1v) is 6.25. The normalized spacial score (nSPS) is 10.3. The zero-order valence-electron chi connectivity index (χ0n) is 10.9. The van der Waals surface area contributed by atoms with Crippen LogP contribution >= 0.6 is 0 Å². The van der Waals surface area contributed by atoms with E-state index in [4.69, 9.17) is 5.26 Å². The number of amides is 1. The Morgan fingerprint density at radius 3 is 2.86 bits per heavy atom. The van der Waals surface area contributed by atoms with Crippen molar-refractivity contribution in [2.24, 2.45) is 0 Å². The third kappa shape index (κ3) is 2.60. The van der Waals surface area contributed by atoms with Crippen LogP contribution in [0.3, 0.4) is 0 Å². The molecule has 2 N–H and O–H groups in total. The van der Waals surface area contributed by atoms with Crippen LogP contribution in [0.5, 0.6) is 0 Å². The molecule has 3 aromatic rings. The van der Waals surface area contributed by atoms with Gasteiger partial charge in [-0.25, -0.2) is 4.39 Å². The minimum Gasteiger partial charge on any atom is -0.351 e. The Kier molecular flexibility index (Phi) is 3.13. The molecule has 5 heteroatoms. The lowest BCUT2D eigenvalue weighted by atomic mass is 10.2. The average Bonchev–Trinajstić information content (AvgIpc) is 2.90. The number of nitrogens with one attached hydrogen (secondary N) is 2. The minimum atomic E-state index is -0.352. The first-order valence-electron chi connectivity index (χ1n) is 6.25. The lowest BCUT2D eigenvalue weighted by Crippen LogP contribution is -2.12. The van der Waals surface area contributed by atoms with Crippen LogP contribution in [0, 0.1) is 17.1 Å². The standard InChI is InChI=1S/C16H10FN3O/c17-12-4-5-14-11(7-12)8-15(20-14)16(21)19-13-3-1-2-10(6-13)9-18/h1-8,20H,(H,19,21). The first kappa shape index (κ1) is 12.9. The Hall–Kier alpha value is -3.13. The van der Waals surface area contributed by atoms with Gasteiger partial charge in [0.25, 0.3) is 5.91 Å². The molecular formula is C16H10FN3O. The molecule has 1 aromatic heterocycles. The van der Waals surface area contributed by atoms with Gasteiger partial charge in [0.2, 0.25) is 0 Å². The van der Waals surface area contributed by atoms with E-state index in [1.165, 1.54) is 12.1 Å². The third-order valence-electron chi connectivity index (χ3n) is 3.08. The summed E-state index contributed by atoms with van der Waals surface area (Å²) in [5, 5.41) is 12.2. The van der Waals surface area contributed by atoms with Gasteiger partial charge >= 0.3 is 0 Å². The predicted octanol–water partition coefficient (Wildman–Crippen LogP) is 3.43. The van der Waals surface area contributed by atoms with Gasteiger partial charge in [-0.2, -0.15) is 5.26 Å². The van der Waals surface area contributed by atoms with E-state index in [0.29, 0.717) is 27.8 Å².